The van der Waals surface area contributed by atoms with E-state index in [2.05, 4.69) is 50.4 Å². The van der Waals surface area contributed by atoms with Gasteiger partial charge in [0, 0.05) is 64.1 Å². The standard InChI is InChI=1S/C24H31FN4O.HI/c1-26-23(29-15-13-28(14-16-29)22-9-7-21(25)8-10-22)27-19-24(11-17-30-18-12-24)20-5-3-2-4-6-20;/h2-10H,11-19H2,1H3,(H,26,27);1H. The van der Waals surface area contributed by atoms with Crippen LogP contribution in [0.5, 0.6) is 0 Å². The number of hydrogen-bond acceptors (Lipinski definition) is 3. The molecule has 2 heterocycles. The number of benzene rings is 2. The van der Waals surface area contributed by atoms with E-state index in [4.69, 9.17) is 4.74 Å². The zero-order valence-electron chi connectivity index (χ0n) is 18.1. The van der Waals surface area contributed by atoms with Crippen molar-refractivity contribution in [1.82, 2.24) is 10.2 Å². The fraction of sp³-hybridized carbons (Fsp3) is 0.458. The second kappa shape index (κ2) is 11.1. The van der Waals surface area contributed by atoms with Gasteiger partial charge in [-0.25, -0.2) is 4.39 Å². The number of ether oxygens (including phenoxy) is 1. The summed E-state index contributed by atoms with van der Waals surface area (Å²) < 4.78 is 18.9. The number of aliphatic imine (C=N–C) groups is 1. The van der Waals surface area contributed by atoms with Crippen molar-refractivity contribution in [1.29, 1.82) is 0 Å². The summed E-state index contributed by atoms with van der Waals surface area (Å²) in [6.45, 7) is 6.01. The van der Waals surface area contributed by atoms with Crippen LogP contribution in [-0.4, -0.2) is 63.8 Å². The molecule has 5 nitrogen and oxygen atoms in total. The van der Waals surface area contributed by atoms with E-state index in [0.29, 0.717) is 0 Å². The van der Waals surface area contributed by atoms with Gasteiger partial charge in [-0.3, -0.25) is 4.99 Å². The lowest BCUT2D eigenvalue weighted by Crippen LogP contribution is -2.55. The molecule has 4 rings (SSSR count). The second-order valence-electron chi connectivity index (χ2n) is 8.11. The van der Waals surface area contributed by atoms with E-state index in [1.165, 1.54) is 17.7 Å². The average Bonchev–Trinajstić information content (AvgIpc) is 2.82. The first kappa shape index (κ1) is 23.8. The van der Waals surface area contributed by atoms with Gasteiger partial charge in [0.1, 0.15) is 5.82 Å². The van der Waals surface area contributed by atoms with Crippen LogP contribution < -0.4 is 10.2 Å². The molecule has 0 bridgehead atoms. The first-order chi connectivity index (χ1) is 14.7. The highest BCUT2D eigenvalue weighted by atomic mass is 127. The third-order valence-electron chi connectivity index (χ3n) is 6.40. The molecule has 2 saturated heterocycles. The maximum Gasteiger partial charge on any atom is 0.193 e. The van der Waals surface area contributed by atoms with Crippen molar-refractivity contribution in [2.45, 2.75) is 18.3 Å². The minimum atomic E-state index is -0.192. The molecule has 0 spiro atoms. The van der Waals surface area contributed by atoms with Crippen molar-refractivity contribution in [2.24, 2.45) is 4.99 Å². The zero-order valence-corrected chi connectivity index (χ0v) is 20.4. The first-order valence-electron chi connectivity index (χ1n) is 10.8. The molecule has 0 unspecified atom stereocenters. The monoisotopic (exact) mass is 538 g/mol. The molecule has 2 aliphatic heterocycles. The van der Waals surface area contributed by atoms with E-state index in [1.807, 2.05) is 19.2 Å². The van der Waals surface area contributed by atoms with Gasteiger partial charge in [0.05, 0.1) is 0 Å². The molecule has 0 radical (unpaired) electrons. The fourth-order valence-electron chi connectivity index (χ4n) is 4.53. The molecule has 0 atom stereocenters. The largest absolute Gasteiger partial charge is 0.381 e. The lowest BCUT2D eigenvalue weighted by molar-refractivity contribution is 0.0511. The molecule has 168 valence electrons. The van der Waals surface area contributed by atoms with Gasteiger partial charge in [-0.15, -0.1) is 24.0 Å². The van der Waals surface area contributed by atoms with Crippen molar-refractivity contribution in [3.63, 3.8) is 0 Å². The molecule has 2 aromatic rings. The molecule has 0 aromatic heterocycles. The number of hydrogen-bond donors (Lipinski definition) is 1. The number of halogens is 2. The smallest absolute Gasteiger partial charge is 0.193 e. The Kier molecular flexibility index (Phi) is 8.54. The number of guanidine groups is 1. The highest BCUT2D eigenvalue weighted by molar-refractivity contribution is 14.0. The molecule has 0 saturated carbocycles. The van der Waals surface area contributed by atoms with Gasteiger partial charge in [-0.1, -0.05) is 30.3 Å². The van der Waals surface area contributed by atoms with E-state index in [0.717, 1.165) is 70.4 Å². The van der Waals surface area contributed by atoms with Crippen molar-refractivity contribution in [3.8, 4) is 0 Å². The average molecular weight is 538 g/mol. The van der Waals surface area contributed by atoms with Gasteiger partial charge >= 0.3 is 0 Å². The van der Waals surface area contributed by atoms with Gasteiger partial charge in [0.15, 0.2) is 5.96 Å². The quantitative estimate of drug-likeness (QED) is 0.365. The Morgan fingerprint density at radius 2 is 1.65 bits per heavy atom. The van der Waals surface area contributed by atoms with Crippen molar-refractivity contribution >= 4 is 35.6 Å². The topological polar surface area (TPSA) is 40.1 Å². The minimum absolute atomic E-state index is 0. The Morgan fingerprint density at radius 3 is 2.26 bits per heavy atom. The van der Waals surface area contributed by atoms with Crippen LogP contribution in [-0.2, 0) is 10.2 Å². The number of nitrogens with one attached hydrogen (secondary N) is 1. The third kappa shape index (κ3) is 5.68. The summed E-state index contributed by atoms with van der Waals surface area (Å²) in [5.74, 6) is 0.762. The summed E-state index contributed by atoms with van der Waals surface area (Å²) in [7, 11) is 1.86. The summed E-state index contributed by atoms with van der Waals surface area (Å²) in [6.07, 6.45) is 2.03. The van der Waals surface area contributed by atoms with Crippen LogP contribution in [0.15, 0.2) is 59.6 Å². The highest BCUT2D eigenvalue weighted by Crippen LogP contribution is 2.34. The number of rotatable bonds is 4. The van der Waals surface area contributed by atoms with E-state index in [9.17, 15) is 4.39 Å². The molecule has 31 heavy (non-hydrogen) atoms. The molecular formula is C24H32FIN4O. The highest BCUT2D eigenvalue weighted by Gasteiger charge is 2.35. The van der Waals surface area contributed by atoms with Crippen LogP contribution in [0.25, 0.3) is 0 Å². The summed E-state index contributed by atoms with van der Waals surface area (Å²) in [5.41, 5.74) is 2.52. The van der Waals surface area contributed by atoms with Crippen LogP contribution >= 0.6 is 24.0 Å². The Morgan fingerprint density at radius 1 is 1.00 bits per heavy atom. The van der Waals surface area contributed by atoms with Gasteiger partial charge in [0.2, 0.25) is 0 Å². The second-order valence-corrected chi connectivity index (χ2v) is 8.11. The van der Waals surface area contributed by atoms with Gasteiger partial charge in [-0.05, 0) is 42.7 Å². The Bertz CT molecular complexity index is 832. The Hall–Kier alpha value is -1.87. The van der Waals surface area contributed by atoms with Crippen LogP contribution in [0.4, 0.5) is 10.1 Å². The maximum atomic E-state index is 13.2. The number of piperazine rings is 1. The minimum Gasteiger partial charge on any atom is -0.381 e. The summed E-state index contributed by atoms with van der Waals surface area (Å²) in [5, 5.41) is 3.66. The summed E-state index contributed by atoms with van der Waals surface area (Å²) >= 11 is 0. The summed E-state index contributed by atoms with van der Waals surface area (Å²) in [4.78, 5) is 9.18. The number of anilines is 1. The normalized spacial score (nSPS) is 19.0. The van der Waals surface area contributed by atoms with Crippen LogP contribution in [0.3, 0.4) is 0 Å². The van der Waals surface area contributed by atoms with E-state index < -0.39 is 0 Å². The van der Waals surface area contributed by atoms with Crippen LogP contribution in [0.1, 0.15) is 18.4 Å². The van der Waals surface area contributed by atoms with Crippen molar-refractivity contribution in [2.75, 3.05) is 57.9 Å². The Balaban J connectivity index is 0.00000272. The predicted molar refractivity (Wildman–Crippen MR) is 135 cm³/mol. The first-order valence-corrected chi connectivity index (χ1v) is 10.8. The van der Waals surface area contributed by atoms with E-state index in [1.54, 1.807) is 0 Å². The van der Waals surface area contributed by atoms with Crippen molar-refractivity contribution in [3.05, 3.63) is 66.0 Å². The third-order valence-corrected chi connectivity index (χ3v) is 6.40. The molecular weight excluding hydrogens is 506 g/mol. The number of nitrogens with zero attached hydrogens (tertiary/aromatic N) is 3. The van der Waals surface area contributed by atoms with Gasteiger partial charge in [0.25, 0.3) is 0 Å². The lowest BCUT2D eigenvalue weighted by atomic mass is 9.74. The van der Waals surface area contributed by atoms with E-state index >= 15 is 0 Å². The molecule has 7 heteroatoms. The molecule has 2 aliphatic rings. The molecule has 0 aliphatic carbocycles. The maximum absolute atomic E-state index is 13.2. The Labute approximate surface area is 201 Å². The molecule has 0 amide bonds. The fourth-order valence-corrected chi connectivity index (χ4v) is 4.53. The molecule has 2 aromatic carbocycles. The van der Waals surface area contributed by atoms with Gasteiger partial charge < -0.3 is 19.9 Å². The van der Waals surface area contributed by atoms with Crippen molar-refractivity contribution < 1.29 is 9.13 Å². The van der Waals surface area contributed by atoms with Crippen LogP contribution in [0.2, 0.25) is 0 Å². The lowest BCUT2D eigenvalue weighted by Gasteiger charge is -2.41. The predicted octanol–water partition coefficient (Wildman–Crippen LogP) is 3.89. The summed E-state index contributed by atoms with van der Waals surface area (Å²) in [6, 6.07) is 17.5. The van der Waals surface area contributed by atoms with E-state index in [-0.39, 0.29) is 35.2 Å². The zero-order chi connectivity index (χ0) is 20.8. The van der Waals surface area contributed by atoms with Gasteiger partial charge in [-0.2, -0.15) is 0 Å². The molecule has 2 fully saturated rings. The SMILES string of the molecule is CN=C(NCC1(c2ccccc2)CCOCC1)N1CCN(c2ccc(F)cc2)CC1.I. The molecule has 1 N–H and O–H groups in total. The van der Waals surface area contributed by atoms with Crippen LogP contribution in [0, 0.1) is 5.82 Å².